The zero-order valence-corrected chi connectivity index (χ0v) is 12.8. The summed E-state index contributed by atoms with van der Waals surface area (Å²) >= 11 is 0. The predicted octanol–water partition coefficient (Wildman–Crippen LogP) is 3.29. The minimum absolute atomic E-state index is 0.0321. The number of carbonyl (C=O) groups excluding carboxylic acids is 2. The number of benzene rings is 1. The summed E-state index contributed by atoms with van der Waals surface area (Å²) in [5, 5.41) is 2.35. The number of nitrogens with one attached hydrogen (secondary N) is 1. The number of halogens is 3. The van der Waals surface area contributed by atoms with Crippen LogP contribution >= 0.6 is 0 Å². The van der Waals surface area contributed by atoms with E-state index < -0.39 is 17.6 Å². The van der Waals surface area contributed by atoms with Crippen LogP contribution in [0.3, 0.4) is 0 Å². The SMILES string of the molecule is CC1CCCN(C(=O)CC(=O)Nc2cccc(C(F)(F)F)c2)C1. The summed E-state index contributed by atoms with van der Waals surface area (Å²) in [6, 6.07) is 4.36. The summed E-state index contributed by atoms with van der Waals surface area (Å²) in [6.45, 7) is 3.29. The first-order valence-corrected chi connectivity index (χ1v) is 7.50. The molecule has 0 aliphatic carbocycles. The van der Waals surface area contributed by atoms with Gasteiger partial charge in [0.2, 0.25) is 11.8 Å². The maximum atomic E-state index is 12.6. The zero-order valence-electron chi connectivity index (χ0n) is 12.8. The van der Waals surface area contributed by atoms with Crippen LogP contribution < -0.4 is 5.32 Å². The predicted molar refractivity (Wildman–Crippen MR) is 79.7 cm³/mol. The lowest BCUT2D eigenvalue weighted by molar-refractivity contribution is -0.138. The van der Waals surface area contributed by atoms with Crippen LogP contribution in [0.4, 0.5) is 18.9 Å². The van der Waals surface area contributed by atoms with E-state index in [2.05, 4.69) is 5.32 Å². The van der Waals surface area contributed by atoms with Gasteiger partial charge in [-0.05, 0) is 37.0 Å². The summed E-state index contributed by atoms with van der Waals surface area (Å²) in [5.74, 6) is -0.493. The fraction of sp³-hybridized carbons (Fsp3) is 0.500. The van der Waals surface area contributed by atoms with Crippen molar-refractivity contribution in [2.24, 2.45) is 5.92 Å². The maximum absolute atomic E-state index is 12.6. The Bertz CT molecular complexity index is 587. The second-order valence-electron chi connectivity index (χ2n) is 5.89. The number of likely N-dealkylation sites (tertiary alicyclic amines) is 1. The molecule has 1 aromatic rings. The molecule has 1 heterocycles. The van der Waals surface area contributed by atoms with Crippen LogP contribution in [-0.4, -0.2) is 29.8 Å². The van der Waals surface area contributed by atoms with Crippen molar-refractivity contribution < 1.29 is 22.8 Å². The molecule has 1 saturated heterocycles. The van der Waals surface area contributed by atoms with Gasteiger partial charge in [0.25, 0.3) is 0 Å². The van der Waals surface area contributed by atoms with Crippen LogP contribution in [-0.2, 0) is 15.8 Å². The number of alkyl halides is 3. The molecule has 1 N–H and O–H groups in total. The first-order valence-electron chi connectivity index (χ1n) is 7.50. The Morgan fingerprint density at radius 1 is 1.35 bits per heavy atom. The van der Waals surface area contributed by atoms with E-state index in [4.69, 9.17) is 0 Å². The van der Waals surface area contributed by atoms with Crippen LogP contribution in [0.15, 0.2) is 24.3 Å². The average molecular weight is 328 g/mol. The molecule has 1 fully saturated rings. The molecular formula is C16H19F3N2O2. The molecule has 1 atom stereocenters. The molecule has 1 aliphatic heterocycles. The fourth-order valence-corrected chi connectivity index (χ4v) is 2.64. The Hall–Kier alpha value is -2.05. The number of anilines is 1. The Labute approximate surface area is 132 Å². The van der Waals surface area contributed by atoms with Crippen molar-refractivity contribution in [3.63, 3.8) is 0 Å². The Balaban J connectivity index is 1.93. The number of carbonyl (C=O) groups is 2. The van der Waals surface area contributed by atoms with E-state index in [1.807, 2.05) is 6.92 Å². The molecule has 2 amide bonds. The van der Waals surface area contributed by atoms with Gasteiger partial charge in [-0.3, -0.25) is 9.59 Å². The molecule has 0 saturated carbocycles. The lowest BCUT2D eigenvalue weighted by Gasteiger charge is -2.30. The average Bonchev–Trinajstić information content (AvgIpc) is 2.46. The van der Waals surface area contributed by atoms with Crippen molar-refractivity contribution in [2.45, 2.75) is 32.4 Å². The van der Waals surface area contributed by atoms with Gasteiger partial charge in [-0.15, -0.1) is 0 Å². The second-order valence-corrected chi connectivity index (χ2v) is 5.89. The second kappa shape index (κ2) is 7.02. The van der Waals surface area contributed by atoms with Crippen molar-refractivity contribution in [3.05, 3.63) is 29.8 Å². The van der Waals surface area contributed by atoms with Crippen LogP contribution in [0.5, 0.6) is 0 Å². The van der Waals surface area contributed by atoms with Crippen molar-refractivity contribution in [1.29, 1.82) is 0 Å². The van der Waals surface area contributed by atoms with E-state index in [1.54, 1.807) is 4.90 Å². The summed E-state index contributed by atoms with van der Waals surface area (Å²) in [4.78, 5) is 25.6. The van der Waals surface area contributed by atoms with Gasteiger partial charge in [-0.2, -0.15) is 13.2 Å². The summed E-state index contributed by atoms with van der Waals surface area (Å²) in [5.41, 5.74) is -0.809. The molecule has 126 valence electrons. The largest absolute Gasteiger partial charge is 0.416 e. The first-order chi connectivity index (χ1) is 10.8. The van der Waals surface area contributed by atoms with E-state index in [0.717, 1.165) is 25.0 Å². The third kappa shape index (κ3) is 4.97. The monoisotopic (exact) mass is 328 g/mol. The van der Waals surface area contributed by atoms with Gasteiger partial charge < -0.3 is 10.2 Å². The van der Waals surface area contributed by atoms with Crippen LogP contribution in [0, 0.1) is 5.92 Å². The van der Waals surface area contributed by atoms with E-state index in [1.165, 1.54) is 12.1 Å². The molecular weight excluding hydrogens is 309 g/mol. The summed E-state index contributed by atoms with van der Waals surface area (Å²) in [6.07, 6.45) is -2.87. The van der Waals surface area contributed by atoms with Crippen LogP contribution in [0.2, 0.25) is 0 Å². The molecule has 23 heavy (non-hydrogen) atoms. The van der Waals surface area contributed by atoms with E-state index >= 15 is 0 Å². The smallest absolute Gasteiger partial charge is 0.342 e. The van der Waals surface area contributed by atoms with Crippen molar-refractivity contribution >= 4 is 17.5 Å². The molecule has 2 rings (SSSR count). The van der Waals surface area contributed by atoms with E-state index in [9.17, 15) is 22.8 Å². The van der Waals surface area contributed by atoms with E-state index in [-0.39, 0.29) is 18.0 Å². The first kappa shape index (κ1) is 17.3. The molecule has 1 unspecified atom stereocenters. The van der Waals surface area contributed by atoms with Crippen molar-refractivity contribution in [3.8, 4) is 0 Å². The highest BCUT2D eigenvalue weighted by Crippen LogP contribution is 2.30. The number of hydrogen-bond acceptors (Lipinski definition) is 2. The van der Waals surface area contributed by atoms with Gasteiger partial charge in [0.15, 0.2) is 0 Å². The highest BCUT2D eigenvalue weighted by molar-refractivity contribution is 6.03. The number of nitrogens with zero attached hydrogens (tertiary/aromatic N) is 1. The zero-order chi connectivity index (χ0) is 17.0. The Morgan fingerprint density at radius 3 is 2.74 bits per heavy atom. The standard InChI is InChI=1S/C16H19F3N2O2/c1-11-4-3-7-21(10-11)15(23)9-14(22)20-13-6-2-5-12(8-13)16(17,18)19/h2,5-6,8,11H,3-4,7,9-10H2,1H3,(H,20,22). The number of amides is 2. The molecule has 1 aliphatic rings. The number of hydrogen-bond donors (Lipinski definition) is 1. The third-order valence-corrected chi connectivity index (χ3v) is 3.80. The molecule has 0 radical (unpaired) electrons. The van der Waals surface area contributed by atoms with Gasteiger partial charge in [0.1, 0.15) is 6.42 Å². The molecule has 0 aromatic heterocycles. The lowest BCUT2D eigenvalue weighted by Crippen LogP contribution is -2.40. The highest BCUT2D eigenvalue weighted by Gasteiger charge is 2.30. The summed E-state index contributed by atoms with van der Waals surface area (Å²) < 4.78 is 37.9. The molecule has 1 aromatic carbocycles. The molecule has 7 heteroatoms. The van der Waals surface area contributed by atoms with Gasteiger partial charge in [-0.25, -0.2) is 0 Å². The minimum atomic E-state index is -4.47. The lowest BCUT2D eigenvalue weighted by atomic mass is 10.00. The maximum Gasteiger partial charge on any atom is 0.416 e. The number of piperidine rings is 1. The van der Waals surface area contributed by atoms with Crippen molar-refractivity contribution in [1.82, 2.24) is 4.90 Å². The van der Waals surface area contributed by atoms with Gasteiger partial charge >= 0.3 is 6.18 Å². The quantitative estimate of drug-likeness (QED) is 0.866. The fourth-order valence-electron chi connectivity index (χ4n) is 2.64. The highest BCUT2D eigenvalue weighted by atomic mass is 19.4. The minimum Gasteiger partial charge on any atom is -0.342 e. The number of rotatable bonds is 3. The molecule has 0 bridgehead atoms. The molecule has 4 nitrogen and oxygen atoms in total. The van der Waals surface area contributed by atoms with Gasteiger partial charge in [0.05, 0.1) is 5.56 Å². The third-order valence-electron chi connectivity index (χ3n) is 3.80. The Morgan fingerprint density at radius 2 is 2.09 bits per heavy atom. The van der Waals surface area contributed by atoms with Crippen LogP contribution in [0.1, 0.15) is 31.7 Å². The summed E-state index contributed by atoms with van der Waals surface area (Å²) in [7, 11) is 0. The van der Waals surface area contributed by atoms with Crippen molar-refractivity contribution in [2.75, 3.05) is 18.4 Å². The van der Waals surface area contributed by atoms with Gasteiger partial charge in [0, 0.05) is 18.8 Å². The topological polar surface area (TPSA) is 49.4 Å². The normalized spacial score (nSPS) is 18.6. The van der Waals surface area contributed by atoms with E-state index in [0.29, 0.717) is 19.0 Å². The van der Waals surface area contributed by atoms with Gasteiger partial charge in [-0.1, -0.05) is 13.0 Å². The molecule has 0 spiro atoms. The Kier molecular flexibility index (Phi) is 5.28. The van der Waals surface area contributed by atoms with Crippen LogP contribution in [0.25, 0.3) is 0 Å².